The van der Waals surface area contributed by atoms with E-state index in [4.69, 9.17) is 11.6 Å². The Labute approximate surface area is 131 Å². The average Bonchev–Trinajstić information content (AvgIpc) is 2.42. The fourth-order valence-electron chi connectivity index (χ4n) is 1.79. The molecule has 104 valence electrons. The summed E-state index contributed by atoms with van der Waals surface area (Å²) in [4.78, 5) is 16.4. The lowest BCUT2D eigenvalue weighted by molar-refractivity contribution is 0.102. The molecule has 0 bridgehead atoms. The van der Waals surface area contributed by atoms with E-state index < -0.39 is 0 Å². The number of benzene rings is 1. The number of carbonyl (C=O) groups is 1. The van der Waals surface area contributed by atoms with E-state index in [1.807, 2.05) is 32.0 Å². The predicted molar refractivity (Wildman–Crippen MR) is 85.5 cm³/mol. The quantitative estimate of drug-likeness (QED) is 0.818. The summed E-state index contributed by atoms with van der Waals surface area (Å²) < 4.78 is 0.840. The van der Waals surface area contributed by atoms with Gasteiger partial charge in [0.25, 0.3) is 5.91 Å². The third-order valence-electron chi connectivity index (χ3n) is 2.84. The van der Waals surface area contributed by atoms with Crippen molar-refractivity contribution < 1.29 is 4.79 Å². The van der Waals surface area contributed by atoms with E-state index in [1.165, 1.54) is 0 Å². The first-order chi connectivity index (χ1) is 9.49. The topological polar surface area (TPSA) is 42.0 Å². The maximum atomic E-state index is 12.3. The number of hydrogen-bond donors (Lipinski definition) is 1. The highest BCUT2D eigenvalue weighted by Gasteiger charge is 2.11. The van der Waals surface area contributed by atoms with Gasteiger partial charge in [-0.3, -0.25) is 4.79 Å². The van der Waals surface area contributed by atoms with Crippen LogP contribution in [-0.2, 0) is 6.42 Å². The highest BCUT2D eigenvalue weighted by atomic mass is 79.9. The molecule has 0 unspecified atom stereocenters. The number of halogens is 2. The van der Waals surface area contributed by atoms with Crippen LogP contribution in [0.1, 0.15) is 28.5 Å². The molecule has 0 aliphatic carbocycles. The Kier molecular flexibility index (Phi) is 4.78. The minimum absolute atomic E-state index is 0.199. The van der Waals surface area contributed by atoms with Crippen molar-refractivity contribution in [3.63, 3.8) is 0 Å². The normalized spacial score (nSPS) is 10.4. The maximum Gasteiger partial charge on any atom is 0.255 e. The highest BCUT2D eigenvalue weighted by molar-refractivity contribution is 9.10. The summed E-state index contributed by atoms with van der Waals surface area (Å²) in [5, 5.41) is 3.20. The molecule has 20 heavy (non-hydrogen) atoms. The van der Waals surface area contributed by atoms with E-state index in [0.29, 0.717) is 10.7 Å². The number of nitrogens with zero attached hydrogens (tertiary/aromatic N) is 1. The first-order valence-corrected chi connectivity index (χ1v) is 7.40. The zero-order valence-corrected chi connectivity index (χ0v) is 13.5. The molecule has 0 radical (unpaired) electrons. The second-order valence-corrected chi connectivity index (χ2v) is 5.70. The van der Waals surface area contributed by atoms with Crippen LogP contribution in [0.15, 0.2) is 34.8 Å². The second-order valence-electron chi connectivity index (χ2n) is 4.46. The van der Waals surface area contributed by atoms with E-state index >= 15 is 0 Å². The van der Waals surface area contributed by atoms with Gasteiger partial charge in [0.05, 0.1) is 5.69 Å². The first-order valence-electron chi connectivity index (χ1n) is 6.23. The molecule has 0 spiro atoms. The molecule has 0 fully saturated rings. The van der Waals surface area contributed by atoms with E-state index in [-0.39, 0.29) is 5.91 Å². The molecular weight excluding hydrogens is 340 g/mol. The number of rotatable bonds is 3. The Bertz CT molecular complexity index is 658. The summed E-state index contributed by atoms with van der Waals surface area (Å²) in [6, 6.07) is 9.11. The van der Waals surface area contributed by atoms with Crippen LogP contribution in [0.4, 0.5) is 5.69 Å². The molecule has 1 aromatic heterocycles. The van der Waals surface area contributed by atoms with Crippen molar-refractivity contribution in [2.45, 2.75) is 20.3 Å². The van der Waals surface area contributed by atoms with Crippen molar-refractivity contribution in [2.24, 2.45) is 0 Å². The summed E-state index contributed by atoms with van der Waals surface area (Å²) in [6.07, 6.45) is 0.731. The van der Waals surface area contributed by atoms with Gasteiger partial charge in [0, 0.05) is 15.7 Å². The number of aryl methyl sites for hydroxylation is 2. The molecule has 1 N–H and O–H groups in total. The number of amides is 1. The Morgan fingerprint density at radius 2 is 2.10 bits per heavy atom. The summed E-state index contributed by atoms with van der Waals surface area (Å²) in [6.45, 7) is 3.94. The molecule has 2 rings (SSSR count). The third-order valence-corrected chi connectivity index (χ3v) is 3.73. The lowest BCUT2D eigenvalue weighted by Crippen LogP contribution is -2.13. The molecule has 5 heteroatoms. The van der Waals surface area contributed by atoms with Crippen LogP contribution in [0.3, 0.4) is 0 Å². The van der Waals surface area contributed by atoms with Crippen LogP contribution < -0.4 is 5.32 Å². The van der Waals surface area contributed by atoms with Crippen molar-refractivity contribution in [1.82, 2.24) is 4.98 Å². The number of nitrogens with one attached hydrogen (secondary N) is 1. The summed E-state index contributed by atoms with van der Waals surface area (Å²) >= 11 is 9.35. The van der Waals surface area contributed by atoms with Crippen LogP contribution in [0.2, 0.25) is 5.15 Å². The lowest BCUT2D eigenvalue weighted by Gasteiger charge is -2.09. The fraction of sp³-hybridized carbons (Fsp3) is 0.200. The smallest absolute Gasteiger partial charge is 0.255 e. The van der Waals surface area contributed by atoms with Gasteiger partial charge in [-0.05, 0) is 59.1 Å². The van der Waals surface area contributed by atoms with Gasteiger partial charge in [0.15, 0.2) is 0 Å². The van der Waals surface area contributed by atoms with Gasteiger partial charge in [-0.2, -0.15) is 0 Å². The monoisotopic (exact) mass is 352 g/mol. The van der Waals surface area contributed by atoms with Gasteiger partial charge in [-0.1, -0.05) is 24.6 Å². The van der Waals surface area contributed by atoms with Gasteiger partial charge in [0.1, 0.15) is 5.15 Å². The van der Waals surface area contributed by atoms with E-state index in [1.54, 1.807) is 12.1 Å². The number of pyridine rings is 1. The zero-order chi connectivity index (χ0) is 14.7. The van der Waals surface area contributed by atoms with Gasteiger partial charge in [-0.25, -0.2) is 4.98 Å². The molecule has 2 aromatic rings. The molecule has 1 amide bonds. The van der Waals surface area contributed by atoms with Crippen LogP contribution in [-0.4, -0.2) is 10.9 Å². The summed E-state index contributed by atoms with van der Waals surface area (Å²) in [7, 11) is 0. The maximum absolute atomic E-state index is 12.3. The molecule has 0 saturated heterocycles. The van der Waals surface area contributed by atoms with Crippen LogP contribution in [0.25, 0.3) is 0 Å². The zero-order valence-electron chi connectivity index (χ0n) is 11.2. The summed E-state index contributed by atoms with van der Waals surface area (Å²) in [5.41, 5.74) is 3.12. The number of aromatic nitrogens is 1. The number of anilines is 1. The van der Waals surface area contributed by atoms with Crippen molar-refractivity contribution in [3.05, 3.63) is 56.8 Å². The van der Waals surface area contributed by atoms with Gasteiger partial charge in [-0.15, -0.1) is 0 Å². The van der Waals surface area contributed by atoms with E-state index in [9.17, 15) is 4.79 Å². The molecule has 0 aliphatic heterocycles. The molecule has 1 aromatic carbocycles. The molecular formula is C15H14BrClN2O. The Balaban J connectivity index is 2.28. The van der Waals surface area contributed by atoms with Crippen molar-refractivity contribution >= 4 is 39.1 Å². The number of hydrogen-bond acceptors (Lipinski definition) is 2. The minimum Gasteiger partial charge on any atom is -0.321 e. The Hall–Kier alpha value is -1.39. The van der Waals surface area contributed by atoms with Crippen LogP contribution in [0.5, 0.6) is 0 Å². The van der Waals surface area contributed by atoms with Crippen molar-refractivity contribution in [3.8, 4) is 0 Å². The molecule has 1 heterocycles. The van der Waals surface area contributed by atoms with Crippen LogP contribution >= 0.6 is 27.5 Å². The van der Waals surface area contributed by atoms with Gasteiger partial charge >= 0.3 is 0 Å². The Morgan fingerprint density at radius 1 is 1.35 bits per heavy atom. The molecule has 3 nitrogen and oxygen atoms in total. The first kappa shape index (κ1) is 15.0. The minimum atomic E-state index is -0.199. The molecule has 0 saturated carbocycles. The van der Waals surface area contributed by atoms with E-state index in [0.717, 1.165) is 27.8 Å². The Morgan fingerprint density at radius 3 is 2.80 bits per heavy atom. The lowest BCUT2D eigenvalue weighted by atomic mass is 10.1. The van der Waals surface area contributed by atoms with Gasteiger partial charge in [0.2, 0.25) is 0 Å². The molecule has 0 atom stereocenters. The standard InChI is InChI=1S/C15H14BrClN2O/c1-3-11-7-10(8-14(17)18-11)15(20)19-13-6-9(2)4-5-12(13)16/h4-8H,3H2,1-2H3,(H,19,20). The van der Waals surface area contributed by atoms with E-state index in [2.05, 4.69) is 26.2 Å². The average molecular weight is 354 g/mol. The summed E-state index contributed by atoms with van der Waals surface area (Å²) in [5.74, 6) is -0.199. The van der Waals surface area contributed by atoms with Crippen LogP contribution in [0, 0.1) is 6.92 Å². The molecule has 0 aliphatic rings. The highest BCUT2D eigenvalue weighted by Crippen LogP contribution is 2.24. The SMILES string of the molecule is CCc1cc(C(=O)Nc2cc(C)ccc2Br)cc(Cl)n1. The third kappa shape index (κ3) is 3.58. The van der Waals surface area contributed by atoms with Gasteiger partial charge < -0.3 is 5.32 Å². The predicted octanol–water partition coefficient (Wildman–Crippen LogP) is 4.62. The second kappa shape index (κ2) is 6.37. The fourth-order valence-corrected chi connectivity index (χ4v) is 2.36. The van der Waals surface area contributed by atoms with Crippen molar-refractivity contribution in [2.75, 3.05) is 5.32 Å². The number of carbonyl (C=O) groups excluding carboxylic acids is 1. The largest absolute Gasteiger partial charge is 0.321 e. The van der Waals surface area contributed by atoms with Crippen molar-refractivity contribution in [1.29, 1.82) is 0 Å².